The number of nitrogens with zero attached hydrogens (tertiary/aromatic N) is 2. The molecular weight excluding hydrogens is 266 g/mol. The normalized spacial score (nSPS) is 11.9. The Labute approximate surface area is 124 Å². The molecule has 5 nitrogen and oxygen atoms in total. The lowest BCUT2D eigenvalue weighted by Gasteiger charge is -2.19. The summed E-state index contributed by atoms with van der Waals surface area (Å²) in [6.07, 6.45) is -0.0524. The molecule has 0 aliphatic rings. The van der Waals surface area contributed by atoms with E-state index >= 15 is 0 Å². The monoisotopic (exact) mass is 285 g/mol. The summed E-state index contributed by atoms with van der Waals surface area (Å²) < 4.78 is 0. The fourth-order valence-corrected chi connectivity index (χ4v) is 2.09. The molecule has 2 aromatic rings. The Hall–Kier alpha value is -2.40. The molecule has 0 bridgehead atoms. The number of nitrogens with two attached hydrogens (primary N) is 1. The number of aliphatic hydroxyl groups excluding tert-OH is 1. The Balaban J connectivity index is 1.88. The molecule has 110 valence electrons. The summed E-state index contributed by atoms with van der Waals surface area (Å²) in [4.78, 5) is 10.9. The molecular formula is C16H19N3O2. The molecule has 3 N–H and O–H groups in total. The van der Waals surface area contributed by atoms with Crippen molar-refractivity contribution in [3.8, 4) is 0 Å². The van der Waals surface area contributed by atoms with Gasteiger partial charge in [-0.25, -0.2) is 0 Å². The molecule has 5 heteroatoms. The largest absolute Gasteiger partial charge is 0.399 e. The van der Waals surface area contributed by atoms with Gasteiger partial charge in [0.15, 0.2) is 0 Å². The fourth-order valence-electron chi connectivity index (χ4n) is 2.09. The lowest BCUT2D eigenvalue weighted by Crippen LogP contribution is -2.25. The maximum Gasteiger partial charge on any atom is 0.0982 e. The highest BCUT2D eigenvalue weighted by Gasteiger charge is 2.12. The number of nitroso groups, excluding NO2 is 1. The standard InChI is InChI=1S/C16H19N3O2/c17-15-8-6-13(7-9-15)10-11-19(18-21)12-16(20)14-4-2-1-3-5-14/h1-9,16,20H,10-12,17H2/t16-/m0/s1. The summed E-state index contributed by atoms with van der Waals surface area (Å²) >= 11 is 0. The van der Waals surface area contributed by atoms with Gasteiger partial charge in [0.05, 0.1) is 17.9 Å². The van der Waals surface area contributed by atoms with Crippen molar-refractivity contribution in [3.05, 3.63) is 70.6 Å². The van der Waals surface area contributed by atoms with E-state index in [0.29, 0.717) is 18.7 Å². The highest BCUT2D eigenvalue weighted by atomic mass is 16.3. The second-order valence-electron chi connectivity index (χ2n) is 4.91. The molecule has 0 fully saturated rings. The molecule has 0 unspecified atom stereocenters. The molecule has 0 saturated carbocycles. The van der Waals surface area contributed by atoms with Crippen LogP contribution in [0.4, 0.5) is 5.69 Å². The van der Waals surface area contributed by atoms with Crippen LogP contribution in [0.1, 0.15) is 17.2 Å². The van der Waals surface area contributed by atoms with Crippen molar-refractivity contribution in [2.45, 2.75) is 12.5 Å². The average molecular weight is 285 g/mol. The second-order valence-corrected chi connectivity index (χ2v) is 4.91. The SMILES string of the molecule is Nc1ccc(CCN(C[C@H](O)c2ccccc2)N=O)cc1. The maximum absolute atomic E-state index is 10.9. The maximum atomic E-state index is 10.9. The molecule has 0 spiro atoms. The molecule has 0 amide bonds. The van der Waals surface area contributed by atoms with Crippen LogP contribution >= 0.6 is 0 Å². The third-order valence-corrected chi connectivity index (χ3v) is 3.32. The van der Waals surface area contributed by atoms with E-state index in [1.54, 1.807) is 0 Å². The smallest absolute Gasteiger partial charge is 0.0982 e. The molecule has 0 heterocycles. The zero-order valence-corrected chi connectivity index (χ0v) is 11.7. The molecule has 0 aliphatic carbocycles. The summed E-state index contributed by atoms with van der Waals surface area (Å²) in [6, 6.07) is 16.7. The number of benzene rings is 2. The summed E-state index contributed by atoms with van der Waals surface area (Å²) in [5.41, 5.74) is 8.19. The Morgan fingerprint density at radius 1 is 1.10 bits per heavy atom. The number of hydrogen-bond acceptors (Lipinski definition) is 4. The van der Waals surface area contributed by atoms with Crippen molar-refractivity contribution in [3.63, 3.8) is 0 Å². The lowest BCUT2D eigenvalue weighted by atomic mass is 10.1. The average Bonchev–Trinajstić information content (AvgIpc) is 2.53. The highest BCUT2D eigenvalue weighted by Crippen LogP contribution is 2.14. The van der Waals surface area contributed by atoms with Crippen LogP contribution < -0.4 is 5.73 Å². The lowest BCUT2D eigenvalue weighted by molar-refractivity contribution is 0.114. The quantitative estimate of drug-likeness (QED) is 0.465. The molecule has 21 heavy (non-hydrogen) atoms. The van der Waals surface area contributed by atoms with Gasteiger partial charge in [-0.3, -0.25) is 5.01 Å². The number of rotatable bonds is 7. The summed E-state index contributed by atoms with van der Waals surface area (Å²) in [7, 11) is 0. The summed E-state index contributed by atoms with van der Waals surface area (Å²) in [5.74, 6) is 0. The molecule has 0 aliphatic heterocycles. The van der Waals surface area contributed by atoms with Crippen molar-refractivity contribution in [1.82, 2.24) is 5.01 Å². The van der Waals surface area contributed by atoms with E-state index in [2.05, 4.69) is 5.29 Å². The van der Waals surface area contributed by atoms with E-state index in [0.717, 1.165) is 11.1 Å². The van der Waals surface area contributed by atoms with Gasteiger partial charge in [0.2, 0.25) is 0 Å². The number of nitrogen functional groups attached to an aromatic ring is 1. The predicted octanol–water partition coefficient (Wildman–Crippen LogP) is 2.53. The van der Waals surface area contributed by atoms with E-state index in [1.807, 2.05) is 54.6 Å². The van der Waals surface area contributed by atoms with Gasteiger partial charge in [-0.1, -0.05) is 42.5 Å². The number of anilines is 1. The third-order valence-electron chi connectivity index (χ3n) is 3.32. The molecule has 2 rings (SSSR count). The van der Waals surface area contributed by atoms with Crippen molar-refractivity contribution < 1.29 is 5.11 Å². The predicted molar refractivity (Wildman–Crippen MR) is 83.3 cm³/mol. The summed E-state index contributed by atoms with van der Waals surface area (Å²) in [5, 5.41) is 14.4. The first-order valence-electron chi connectivity index (χ1n) is 6.84. The summed E-state index contributed by atoms with van der Waals surface area (Å²) in [6.45, 7) is 0.639. The van der Waals surface area contributed by atoms with Gasteiger partial charge in [-0.15, -0.1) is 4.91 Å². The highest BCUT2D eigenvalue weighted by molar-refractivity contribution is 5.39. The minimum absolute atomic E-state index is 0.183. The first-order valence-corrected chi connectivity index (χ1v) is 6.84. The minimum atomic E-state index is -0.727. The molecule has 1 atom stereocenters. The van der Waals surface area contributed by atoms with Crippen molar-refractivity contribution in [2.75, 3.05) is 18.8 Å². The van der Waals surface area contributed by atoms with E-state index in [9.17, 15) is 10.0 Å². The van der Waals surface area contributed by atoms with Crippen LogP contribution in [0, 0.1) is 4.91 Å². The first kappa shape index (κ1) is 15.0. The van der Waals surface area contributed by atoms with Crippen LogP contribution in [-0.4, -0.2) is 23.2 Å². The van der Waals surface area contributed by atoms with Crippen molar-refractivity contribution in [1.29, 1.82) is 0 Å². The Morgan fingerprint density at radius 3 is 2.38 bits per heavy atom. The Morgan fingerprint density at radius 2 is 1.76 bits per heavy atom. The Kier molecular flexibility index (Phi) is 5.29. The van der Waals surface area contributed by atoms with Gasteiger partial charge in [0.25, 0.3) is 0 Å². The van der Waals surface area contributed by atoms with Crippen LogP contribution in [0.3, 0.4) is 0 Å². The number of hydrogen-bond donors (Lipinski definition) is 2. The third kappa shape index (κ3) is 4.57. The minimum Gasteiger partial charge on any atom is -0.399 e. The number of aliphatic hydroxyl groups is 1. The van der Waals surface area contributed by atoms with Crippen molar-refractivity contribution >= 4 is 5.69 Å². The van der Waals surface area contributed by atoms with E-state index in [4.69, 9.17) is 5.73 Å². The van der Waals surface area contributed by atoms with Crippen LogP contribution in [0.25, 0.3) is 0 Å². The van der Waals surface area contributed by atoms with Gasteiger partial charge in [-0.05, 0) is 29.7 Å². The first-order chi connectivity index (χ1) is 10.2. The van der Waals surface area contributed by atoms with E-state index < -0.39 is 6.10 Å². The zero-order chi connectivity index (χ0) is 15.1. The van der Waals surface area contributed by atoms with Crippen LogP contribution in [0.5, 0.6) is 0 Å². The Bertz CT molecular complexity index is 557. The van der Waals surface area contributed by atoms with Crippen LogP contribution in [0.15, 0.2) is 59.9 Å². The molecule has 2 aromatic carbocycles. The van der Waals surface area contributed by atoms with Gasteiger partial charge in [0.1, 0.15) is 0 Å². The van der Waals surface area contributed by atoms with E-state index in [-0.39, 0.29) is 6.54 Å². The van der Waals surface area contributed by atoms with Crippen molar-refractivity contribution in [2.24, 2.45) is 5.29 Å². The fraction of sp³-hybridized carbons (Fsp3) is 0.250. The van der Waals surface area contributed by atoms with E-state index in [1.165, 1.54) is 5.01 Å². The van der Waals surface area contributed by atoms with Gasteiger partial charge < -0.3 is 10.8 Å². The molecule has 0 aromatic heterocycles. The molecule has 0 radical (unpaired) electrons. The zero-order valence-electron chi connectivity index (χ0n) is 11.7. The topological polar surface area (TPSA) is 78.9 Å². The van der Waals surface area contributed by atoms with Crippen LogP contribution in [-0.2, 0) is 6.42 Å². The van der Waals surface area contributed by atoms with Gasteiger partial charge >= 0.3 is 0 Å². The van der Waals surface area contributed by atoms with Gasteiger partial charge in [0, 0.05) is 12.2 Å². The van der Waals surface area contributed by atoms with Gasteiger partial charge in [-0.2, -0.15) is 0 Å². The second kappa shape index (κ2) is 7.40. The molecule has 0 saturated heterocycles. The van der Waals surface area contributed by atoms with Crippen LogP contribution in [0.2, 0.25) is 0 Å².